The number of fused-ring (bicyclic) bond motifs is 4. The fraction of sp³-hybridized carbons (Fsp3) is 0.0204. The molecular weight excluding hydrogens is 631 g/mol. The van der Waals surface area contributed by atoms with E-state index >= 15 is 0 Å². The molecule has 0 aliphatic heterocycles. The van der Waals surface area contributed by atoms with Gasteiger partial charge in [-0.2, -0.15) is 0 Å². The Morgan fingerprint density at radius 1 is 0.365 bits per heavy atom. The molecule has 52 heavy (non-hydrogen) atoms. The maximum Gasteiger partial charge on any atom is 0.141 e. The molecule has 244 valence electrons. The van der Waals surface area contributed by atoms with E-state index in [1.165, 1.54) is 49.0 Å². The van der Waals surface area contributed by atoms with Crippen LogP contribution in [0.4, 0.5) is 0 Å². The summed E-state index contributed by atoms with van der Waals surface area (Å²) in [4.78, 5) is 10.4. The molecule has 0 aliphatic carbocycles. The second-order valence-electron chi connectivity index (χ2n) is 13.5. The van der Waals surface area contributed by atoms with Crippen LogP contribution in [0.1, 0.15) is 0 Å². The van der Waals surface area contributed by atoms with Crippen molar-refractivity contribution in [3.8, 4) is 56.2 Å². The van der Waals surface area contributed by atoms with Crippen LogP contribution in [-0.2, 0) is 7.05 Å². The molecular formula is C49H33N3. The smallest absolute Gasteiger partial charge is 0.141 e. The molecule has 10 rings (SSSR count). The molecule has 0 amide bonds. The standard InChI is InChI=1S/C49H33N3/c1-52-46-27-26-37(29-45(46)51-49(52)38-30-43(33-15-4-2-5-16-33)50-44(31-38)34-17-6-3-7-18-34)48-41-22-12-10-20-39(41)47(40-21-11-13-23-42(40)48)36-25-24-32-14-8-9-19-35(32)28-36/h2-31H,1H3. The minimum absolute atomic E-state index is 0.908. The van der Waals surface area contributed by atoms with Gasteiger partial charge >= 0.3 is 0 Å². The van der Waals surface area contributed by atoms with E-state index < -0.39 is 0 Å². The molecule has 0 aliphatic rings. The van der Waals surface area contributed by atoms with Crippen LogP contribution in [0.15, 0.2) is 182 Å². The highest BCUT2D eigenvalue weighted by Crippen LogP contribution is 2.44. The van der Waals surface area contributed by atoms with Gasteiger partial charge in [0.25, 0.3) is 0 Å². The Kier molecular flexibility index (Phi) is 7.04. The van der Waals surface area contributed by atoms with Crippen molar-refractivity contribution < 1.29 is 0 Å². The van der Waals surface area contributed by atoms with E-state index in [9.17, 15) is 0 Å². The lowest BCUT2D eigenvalue weighted by Gasteiger charge is -2.18. The Morgan fingerprint density at radius 2 is 0.846 bits per heavy atom. The summed E-state index contributed by atoms with van der Waals surface area (Å²) >= 11 is 0. The normalized spacial score (nSPS) is 11.6. The van der Waals surface area contributed by atoms with Crippen LogP contribution in [0.3, 0.4) is 0 Å². The van der Waals surface area contributed by atoms with E-state index in [1.807, 2.05) is 12.1 Å². The molecule has 0 fully saturated rings. The first-order valence-electron chi connectivity index (χ1n) is 17.7. The Balaban J connectivity index is 1.17. The van der Waals surface area contributed by atoms with Gasteiger partial charge in [-0.3, -0.25) is 0 Å². The van der Waals surface area contributed by atoms with Gasteiger partial charge in [0.15, 0.2) is 0 Å². The zero-order valence-corrected chi connectivity index (χ0v) is 28.7. The number of aryl methyl sites for hydroxylation is 1. The highest BCUT2D eigenvalue weighted by atomic mass is 15.1. The number of rotatable bonds is 5. The number of imidazole rings is 1. The van der Waals surface area contributed by atoms with Gasteiger partial charge in [0.05, 0.1) is 22.4 Å². The van der Waals surface area contributed by atoms with E-state index in [2.05, 4.69) is 181 Å². The van der Waals surface area contributed by atoms with E-state index in [4.69, 9.17) is 9.97 Å². The van der Waals surface area contributed by atoms with E-state index in [0.29, 0.717) is 0 Å². The van der Waals surface area contributed by atoms with E-state index in [-0.39, 0.29) is 0 Å². The summed E-state index contributed by atoms with van der Waals surface area (Å²) in [6.45, 7) is 0. The first-order valence-corrected chi connectivity index (χ1v) is 17.7. The number of aromatic nitrogens is 3. The third kappa shape index (κ3) is 4.98. The number of nitrogens with zero attached hydrogens (tertiary/aromatic N) is 3. The van der Waals surface area contributed by atoms with Gasteiger partial charge in [0.2, 0.25) is 0 Å². The highest BCUT2D eigenvalue weighted by molar-refractivity contribution is 6.22. The van der Waals surface area contributed by atoms with Gasteiger partial charge in [-0.1, -0.05) is 152 Å². The number of hydrogen-bond acceptors (Lipinski definition) is 2. The Hall–Kier alpha value is -6.84. The minimum atomic E-state index is 0.908. The summed E-state index contributed by atoms with van der Waals surface area (Å²) in [5.41, 5.74) is 12.0. The van der Waals surface area contributed by atoms with Crippen LogP contribution in [-0.4, -0.2) is 14.5 Å². The quantitative estimate of drug-likeness (QED) is 0.172. The number of hydrogen-bond donors (Lipinski definition) is 0. The van der Waals surface area contributed by atoms with Crippen LogP contribution in [0.5, 0.6) is 0 Å². The zero-order valence-electron chi connectivity index (χ0n) is 28.7. The summed E-state index contributed by atoms with van der Waals surface area (Å²) < 4.78 is 2.21. The molecule has 0 bridgehead atoms. The summed E-state index contributed by atoms with van der Waals surface area (Å²) in [6.07, 6.45) is 0. The topological polar surface area (TPSA) is 30.7 Å². The van der Waals surface area contributed by atoms with Gasteiger partial charge in [-0.05, 0) is 84.9 Å². The second kappa shape index (κ2) is 12.2. The average Bonchev–Trinajstić information content (AvgIpc) is 3.55. The number of benzene rings is 8. The average molecular weight is 664 g/mol. The van der Waals surface area contributed by atoms with Crippen molar-refractivity contribution in [3.63, 3.8) is 0 Å². The Morgan fingerprint density at radius 3 is 1.42 bits per heavy atom. The summed E-state index contributed by atoms with van der Waals surface area (Å²) in [5, 5.41) is 7.44. The molecule has 10 aromatic rings. The summed E-state index contributed by atoms with van der Waals surface area (Å²) in [5.74, 6) is 0.908. The fourth-order valence-electron chi connectivity index (χ4n) is 7.88. The van der Waals surface area contributed by atoms with Crippen molar-refractivity contribution in [1.82, 2.24) is 14.5 Å². The maximum absolute atomic E-state index is 5.33. The zero-order chi connectivity index (χ0) is 34.6. The lowest BCUT2D eigenvalue weighted by molar-refractivity contribution is 0.959. The molecule has 0 saturated heterocycles. The molecule has 0 unspecified atom stereocenters. The van der Waals surface area contributed by atoms with Gasteiger partial charge in [-0.25, -0.2) is 9.97 Å². The van der Waals surface area contributed by atoms with Crippen molar-refractivity contribution in [2.75, 3.05) is 0 Å². The Bertz CT molecular complexity index is 2840. The van der Waals surface area contributed by atoms with E-state index in [1.54, 1.807) is 0 Å². The lowest BCUT2D eigenvalue weighted by atomic mass is 9.85. The predicted octanol–water partition coefficient (Wildman–Crippen LogP) is 12.8. The van der Waals surface area contributed by atoms with Gasteiger partial charge in [0, 0.05) is 23.7 Å². The van der Waals surface area contributed by atoms with Crippen LogP contribution in [0.25, 0.3) is 99.5 Å². The molecule has 3 heteroatoms. The van der Waals surface area contributed by atoms with Crippen LogP contribution in [0, 0.1) is 0 Å². The number of pyridine rings is 1. The van der Waals surface area contributed by atoms with Crippen molar-refractivity contribution in [2.24, 2.45) is 7.05 Å². The highest BCUT2D eigenvalue weighted by Gasteiger charge is 2.19. The monoisotopic (exact) mass is 663 g/mol. The predicted molar refractivity (Wildman–Crippen MR) is 218 cm³/mol. The molecule has 2 heterocycles. The van der Waals surface area contributed by atoms with E-state index in [0.717, 1.165) is 50.5 Å². The SMILES string of the molecule is Cn1c(-c2cc(-c3ccccc3)nc(-c3ccccc3)c2)nc2cc(-c3c4ccccc4c(-c4ccc5ccccc5c4)c4ccccc34)ccc21. The van der Waals surface area contributed by atoms with Crippen LogP contribution in [0.2, 0.25) is 0 Å². The molecule has 3 nitrogen and oxygen atoms in total. The minimum Gasteiger partial charge on any atom is -0.327 e. The third-order valence-corrected chi connectivity index (χ3v) is 10.4. The first kappa shape index (κ1) is 30.0. The molecule has 2 aromatic heterocycles. The lowest BCUT2D eigenvalue weighted by Crippen LogP contribution is -1.96. The fourth-order valence-corrected chi connectivity index (χ4v) is 7.88. The first-order chi connectivity index (χ1) is 25.7. The molecule has 0 saturated carbocycles. The molecule has 0 spiro atoms. The van der Waals surface area contributed by atoms with Crippen molar-refractivity contribution >= 4 is 43.4 Å². The van der Waals surface area contributed by atoms with Crippen LogP contribution >= 0.6 is 0 Å². The van der Waals surface area contributed by atoms with Crippen molar-refractivity contribution in [3.05, 3.63) is 182 Å². The maximum atomic E-state index is 5.33. The van der Waals surface area contributed by atoms with Gasteiger partial charge in [0.1, 0.15) is 5.82 Å². The Labute approximate surface area is 302 Å². The van der Waals surface area contributed by atoms with Gasteiger partial charge < -0.3 is 4.57 Å². The van der Waals surface area contributed by atoms with Crippen molar-refractivity contribution in [2.45, 2.75) is 0 Å². The molecule has 0 N–H and O–H groups in total. The molecule has 0 atom stereocenters. The largest absolute Gasteiger partial charge is 0.327 e. The van der Waals surface area contributed by atoms with Crippen LogP contribution < -0.4 is 0 Å². The summed E-state index contributed by atoms with van der Waals surface area (Å²) in [6, 6.07) is 65.0. The third-order valence-electron chi connectivity index (χ3n) is 10.4. The summed E-state index contributed by atoms with van der Waals surface area (Å²) in [7, 11) is 2.11. The van der Waals surface area contributed by atoms with Crippen molar-refractivity contribution in [1.29, 1.82) is 0 Å². The van der Waals surface area contributed by atoms with Gasteiger partial charge in [-0.15, -0.1) is 0 Å². The molecule has 8 aromatic carbocycles. The molecule has 0 radical (unpaired) electrons. The second-order valence-corrected chi connectivity index (χ2v) is 13.5.